The van der Waals surface area contributed by atoms with Crippen molar-refractivity contribution in [2.75, 3.05) is 172 Å². The molecule has 63 heavy (non-hydrogen) atoms. The van der Waals surface area contributed by atoms with E-state index in [2.05, 4.69) is 51.6 Å². The van der Waals surface area contributed by atoms with Gasteiger partial charge in [0.25, 0.3) is 0 Å². The Morgan fingerprint density at radius 3 is 1.16 bits per heavy atom. The van der Waals surface area contributed by atoms with E-state index in [1.54, 1.807) is 0 Å². The number of allylic oxidation sites excluding steroid dienone is 1. The van der Waals surface area contributed by atoms with Gasteiger partial charge in [0.05, 0.1) is 159 Å². The summed E-state index contributed by atoms with van der Waals surface area (Å²) >= 11 is 0. The maximum absolute atomic E-state index is 10.8. The third-order valence-corrected chi connectivity index (χ3v) is 9.33. The molecule has 0 amide bonds. The first-order valence-electron chi connectivity index (χ1n) is 22.6. The first-order valence-corrected chi connectivity index (χ1v) is 23.9. The van der Waals surface area contributed by atoms with Gasteiger partial charge in [-0.1, -0.05) is 63.7 Å². The van der Waals surface area contributed by atoms with Crippen LogP contribution in [-0.2, 0) is 91.3 Å². The van der Waals surface area contributed by atoms with Crippen molar-refractivity contribution in [1.29, 1.82) is 0 Å². The highest BCUT2D eigenvalue weighted by molar-refractivity contribution is 7.88. The highest BCUT2D eigenvalue weighted by Crippen LogP contribution is 2.23. The van der Waals surface area contributed by atoms with Gasteiger partial charge in [0.2, 0.25) is 0 Å². The zero-order valence-electron chi connectivity index (χ0n) is 38.4. The van der Waals surface area contributed by atoms with E-state index in [1.165, 1.54) is 50.5 Å². The molecule has 1 rings (SSSR count). The molecule has 19 heteroatoms. The SMILES string of the molecule is C/C=C/c1cc(CCCCCCCCC)ccc1OCCOCCOCCOCCOCCOCCOCCOCCOCCOCCOCCOCCOCCO[S+]([O])(=O)ON. The van der Waals surface area contributed by atoms with Gasteiger partial charge in [-0.25, -0.2) is 0 Å². The summed E-state index contributed by atoms with van der Waals surface area (Å²) < 4.78 is 101. The third kappa shape index (κ3) is 41.4. The maximum Gasteiger partial charge on any atom is 0.564 e. The summed E-state index contributed by atoms with van der Waals surface area (Å²) in [7, 11) is -4.15. The van der Waals surface area contributed by atoms with E-state index in [9.17, 15) is 8.76 Å². The highest BCUT2D eigenvalue weighted by Gasteiger charge is 2.32. The van der Waals surface area contributed by atoms with E-state index in [0.29, 0.717) is 152 Å². The van der Waals surface area contributed by atoms with Gasteiger partial charge in [-0.05, 0) is 41.7 Å². The van der Waals surface area contributed by atoms with Crippen LogP contribution in [0.25, 0.3) is 6.08 Å². The fourth-order valence-electron chi connectivity index (χ4n) is 5.44. The van der Waals surface area contributed by atoms with Gasteiger partial charge in [0, 0.05) is 9.77 Å². The third-order valence-electron chi connectivity index (χ3n) is 8.64. The molecule has 0 aliphatic rings. The maximum atomic E-state index is 10.8. The molecule has 0 saturated heterocycles. The molecule has 1 radical (unpaired) electrons. The lowest BCUT2D eigenvalue weighted by molar-refractivity contribution is -0.0287. The minimum atomic E-state index is -4.15. The van der Waals surface area contributed by atoms with Crippen molar-refractivity contribution < 1.29 is 78.8 Å². The molecule has 0 aromatic heterocycles. The van der Waals surface area contributed by atoms with E-state index in [0.717, 1.165) is 17.7 Å². The smallest absolute Gasteiger partial charge is 0.491 e. The molecule has 0 aliphatic carbocycles. The second-order valence-electron chi connectivity index (χ2n) is 13.8. The topological polar surface area (TPSA) is 201 Å². The minimum Gasteiger partial charge on any atom is -0.491 e. The minimum absolute atomic E-state index is 0.0585. The summed E-state index contributed by atoms with van der Waals surface area (Å²) in [4.78, 5) is 0. The average molecular weight is 928 g/mol. The number of benzene rings is 1. The van der Waals surface area contributed by atoms with Crippen molar-refractivity contribution in [3.05, 3.63) is 35.4 Å². The van der Waals surface area contributed by atoms with Crippen LogP contribution in [0, 0.1) is 0 Å². The van der Waals surface area contributed by atoms with Crippen molar-refractivity contribution in [2.24, 2.45) is 5.90 Å². The Morgan fingerprint density at radius 1 is 0.476 bits per heavy atom. The molecule has 2 N–H and O–H groups in total. The van der Waals surface area contributed by atoms with Crippen molar-refractivity contribution in [2.45, 2.75) is 65.2 Å². The molecule has 0 bridgehead atoms. The lowest BCUT2D eigenvalue weighted by atomic mass is 10.0. The molecule has 1 atom stereocenters. The Kier molecular flexibility index (Phi) is 44.0. The number of unbranched alkanes of at least 4 members (excludes halogenated alkanes) is 6. The number of rotatable bonds is 51. The van der Waals surface area contributed by atoms with Gasteiger partial charge in [-0.15, -0.1) is 4.18 Å². The van der Waals surface area contributed by atoms with E-state index in [4.69, 9.17) is 61.6 Å². The van der Waals surface area contributed by atoms with Crippen LogP contribution in [0.5, 0.6) is 5.75 Å². The van der Waals surface area contributed by atoms with Crippen LogP contribution in [0.2, 0.25) is 0 Å². The number of hydrogen-bond acceptors (Lipinski definition) is 17. The van der Waals surface area contributed by atoms with E-state index >= 15 is 0 Å². The van der Waals surface area contributed by atoms with Crippen molar-refractivity contribution >= 4 is 16.9 Å². The van der Waals surface area contributed by atoms with Crippen LogP contribution < -0.4 is 10.6 Å². The van der Waals surface area contributed by atoms with E-state index < -0.39 is 10.8 Å². The molecule has 1 unspecified atom stereocenters. The summed E-state index contributed by atoms with van der Waals surface area (Å²) in [5.41, 5.74) is 2.49. The first-order chi connectivity index (χ1) is 31.0. The molecular weight excluding hydrogens is 847 g/mol. The molecule has 1 aromatic carbocycles. The van der Waals surface area contributed by atoms with Crippen molar-refractivity contribution in [3.63, 3.8) is 0 Å². The van der Waals surface area contributed by atoms with Crippen molar-refractivity contribution in [1.82, 2.24) is 0 Å². The Morgan fingerprint density at radius 2 is 0.810 bits per heavy atom. The predicted octanol–water partition coefficient (Wildman–Crippen LogP) is 5.17. The summed E-state index contributed by atoms with van der Waals surface area (Å²) in [6.45, 7) is 15.2. The molecule has 369 valence electrons. The Hall–Kier alpha value is -1.73. The van der Waals surface area contributed by atoms with Gasteiger partial charge in [-0.2, -0.15) is 5.90 Å². The van der Waals surface area contributed by atoms with E-state index in [-0.39, 0.29) is 19.8 Å². The summed E-state index contributed by atoms with van der Waals surface area (Å²) in [5, 5.41) is 0. The molecule has 0 saturated carbocycles. The lowest BCUT2D eigenvalue weighted by Gasteiger charge is -2.12. The molecule has 18 nitrogen and oxygen atoms in total. The highest BCUT2D eigenvalue weighted by atomic mass is 32.3. The van der Waals surface area contributed by atoms with Gasteiger partial charge < -0.3 is 61.6 Å². The molecule has 0 heterocycles. The predicted molar refractivity (Wildman–Crippen MR) is 238 cm³/mol. The van der Waals surface area contributed by atoms with Crippen LogP contribution >= 0.6 is 0 Å². The van der Waals surface area contributed by atoms with Crippen LogP contribution in [0.3, 0.4) is 0 Å². The standard InChI is InChI=1S/C44H81NO17S/c1-3-5-6-7-8-9-10-12-42-13-14-44(43(41-42)11-4-2)60-39-37-58-35-33-56-31-29-54-27-25-52-23-21-50-19-17-48-15-16-49-18-20-51-22-24-53-26-28-55-30-32-57-34-36-59-38-40-61-63(46,47)62-45/h4,11,13-14,41H,3,5-10,12,15-40,45H2,1-2H3/q+1/b11-4+. The fourth-order valence-corrected chi connectivity index (χ4v) is 5.76. The summed E-state index contributed by atoms with van der Waals surface area (Å²) in [6.07, 6.45) is 14.5. The van der Waals surface area contributed by atoms with Gasteiger partial charge in [-0.3, -0.25) is 0 Å². The zero-order chi connectivity index (χ0) is 45.4. The molecule has 0 aliphatic heterocycles. The second-order valence-corrected chi connectivity index (χ2v) is 15.0. The monoisotopic (exact) mass is 928 g/mol. The quantitative estimate of drug-likeness (QED) is 0.0509. The Balaban J connectivity index is 1.74. The average Bonchev–Trinajstić information content (AvgIpc) is 3.28. The number of nitrogens with two attached hydrogens (primary N) is 1. The normalized spacial score (nSPS) is 12.8. The fraction of sp³-hybridized carbons (Fsp3) is 0.818. The molecule has 1 aromatic rings. The second kappa shape index (κ2) is 46.8. The van der Waals surface area contributed by atoms with Gasteiger partial charge in [0.15, 0.2) is 0 Å². The van der Waals surface area contributed by atoms with Gasteiger partial charge in [0.1, 0.15) is 23.5 Å². The van der Waals surface area contributed by atoms with Crippen LogP contribution in [-0.4, -0.2) is 172 Å². The molecular formula is C44H81NO17S+. The number of aryl methyl sites for hydroxylation is 1. The Labute approximate surface area is 378 Å². The van der Waals surface area contributed by atoms with Crippen LogP contribution in [0.1, 0.15) is 69.9 Å². The number of ether oxygens (including phenoxy) is 13. The molecule has 0 spiro atoms. The van der Waals surface area contributed by atoms with E-state index in [1.807, 2.05) is 6.92 Å². The largest absolute Gasteiger partial charge is 0.564 e. The summed E-state index contributed by atoms with van der Waals surface area (Å²) in [6, 6.07) is 6.52. The van der Waals surface area contributed by atoms with Gasteiger partial charge >= 0.3 is 10.8 Å². The molecule has 0 fully saturated rings. The Bertz CT molecular complexity index is 1190. The van der Waals surface area contributed by atoms with Crippen LogP contribution in [0.4, 0.5) is 0 Å². The summed E-state index contributed by atoms with van der Waals surface area (Å²) in [5.74, 6) is 5.42. The first kappa shape index (κ1) is 59.3. The van der Waals surface area contributed by atoms with Crippen molar-refractivity contribution in [3.8, 4) is 5.75 Å². The lowest BCUT2D eigenvalue weighted by Crippen LogP contribution is -2.22. The van der Waals surface area contributed by atoms with Crippen LogP contribution in [0.15, 0.2) is 24.3 Å². The zero-order valence-corrected chi connectivity index (χ0v) is 39.2. The number of hydrogen-bond donors (Lipinski definition) is 1.